The molecule has 0 aromatic rings. The van der Waals surface area contributed by atoms with Crippen molar-refractivity contribution in [3.8, 4) is 0 Å². The van der Waals surface area contributed by atoms with Crippen LogP contribution in [0.15, 0.2) is 0 Å². The molecule has 0 aliphatic carbocycles. The SMILES string of the molecule is CCCOCCOCCOCCOCCC(=O)NCCS(=O)(=O)O. The summed E-state index contributed by atoms with van der Waals surface area (Å²) in [6, 6.07) is 0. The summed E-state index contributed by atoms with van der Waals surface area (Å²) in [5.41, 5.74) is 0. The van der Waals surface area contributed by atoms with Crippen LogP contribution in [0.2, 0.25) is 0 Å². The van der Waals surface area contributed by atoms with E-state index in [1.165, 1.54) is 0 Å². The van der Waals surface area contributed by atoms with E-state index < -0.39 is 15.9 Å². The summed E-state index contributed by atoms with van der Waals surface area (Å²) in [5.74, 6) is -0.835. The van der Waals surface area contributed by atoms with Crippen molar-refractivity contribution >= 4 is 16.0 Å². The van der Waals surface area contributed by atoms with Crippen molar-refractivity contribution < 1.29 is 36.7 Å². The first kappa shape index (κ1) is 23.2. The Morgan fingerprint density at radius 2 is 1.33 bits per heavy atom. The predicted octanol–water partition coefficient (Wildman–Crippen LogP) is -0.143. The van der Waals surface area contributed by atoms with Gasteiger partial charge < -0.3 is 24.3 Å². The Morgan fingerprint density at radius 3 is 1.79 bits per heavy atom. The molecule has 2 N–H and O–H groups in total. The predicted molar refractivity (Wildman–Crippen MR) is 87.6 cm³/mol. The fourth-order valence-electron chi connectivity index (χ4n) is 1.48. The normalized spacial score (nSPS) is 11.6. The lowest BCUT2D eigenvalue weighted by Crippen LogP contribution is -2.29. The quantitative estimate of drug-likeness (QED) is 0.268. The lowest BCUT2D eigenvalue weighted by atomic mass is 10.4. The second-order valence-corrected chi connectivity index (χ2v) is 6.41. The molecule has 144 valence electrons. The van der Waals surface area contributed by atoms with E-state index in [9.17, 15) is 13.2 Å². The summed E-state index contributed by atoms with van der Waals surface area (Å²) < 4.78 is 50.4. The maximum absolute atomic E-state index is 11.3. The molecule has 9 nitrogen and oxygen atoms in total. The van der Waals surface area contributed by atoms with E-state index in [1.807, 2.05) is 6.92 Å². The zero-order valence-electron chi connectivity index (χ0n) is 14.2. The number of rotatable bonds is 17. The summed E-state index contributed by atoms with van der Waals surface area (Å²) in [4.78, 5) is 11.3. The molecule has 0 saturated carbocycles. The highest BCUT2D eigenvalue weighted by atomic mass is 32.2. The number of carbonyl (C=O) groups excluding carboxylic acids is 1. The van der Waals surface area contributed by atoms with E-state index in [0.717, 1.165) is 13.0 Å². The van der Waals surface area contributed by atoms with Gasteiger partial charge >= 0.3 is 0 Å². The van der Waals surface area contributed by atoms with Gasteiger partial charge in [0.1, 0.15) is 0 Å². The molecular formula is C14H29NO8S. The van der Waals surface area contributed by atoms with Crippen LogP contribution in [0.3, 0.4) is 0 Å². The van der Waals surface area contributed by atoms with E-state index in [1.54, 1.807) is 0 Å². The highest BCUT2D eigenvalue weighted by Gasteiger charge is 2.06. The molecule has 10 heteroatoms. The summed E-state index contributed by atoms with van der Waals surface area (Å²) in [6.07, 6.45) is 1.11. The minimum atomic E-state index is -4.05. The molecule has 0 aliphatic rings. The fraction of sp³-hybridized carbons (Fsp3) is 0.929. The molecule has 0 radical (unpaired) electrons. The molecular weight excluding hydrogens is 342 g/mol. The molecule has 0 aliphatic heterocycles. The number of nitrogens with one attached hydrogen (secondary N) is 1. The van der Waals surface area contributed by atoms with Crippen LogP contribution in [0.4, 0.5) is 0 Å². The van der Waals surface area contributed by atoms with Gasteiger partial charge in [-0.2, -0.15) is 8.42 Å². The molecule has 0 heterocycles. The van der Waals surface area contributed by atoms with Crippen LogP contribution >= 0.6 is 0 Å². The lowest BCUT2D eigenvalue weighted by molar-refractivity contribution is -0.122. The van der Waals surface area contributed by atoms with E-state index >= 15 is 0 Å². The van der Waals surface area contributed by atoms with Crippen molar-refractivity contribution in [2.45, 2.75) is 19.8 Å². The van der Waals surface area contributed by atoms with Crippen molar-refractivity contribution in [2.24, 2.45) is 0 Å². The number of carbonyl (C=O) groups is 1. The lowest BCUT2D eigenvalue weighted by Gasteiger charge is -2.07. The molecule has 0 bridgehead atoms. The van der Waals surface area contributed by atoms with Crippen molar-refractivity contribution in [3.05, 3.63) is 0 Å². The van der Waals surface area contributed by atoms with Crippen LogP contribution < -0.4 is 5.32 Å². The van der Waals surface area contributed by atoms with Gasteiger partial charge in [0.25, 0.3) is 10.1 Å². The zero-order valence-corrected chi connectivity index (χ0v) is 15.0. The van der Waals surface area contributed by atoms with Crippen LogP contribution in [0.25, 0.3) is 0 Å². The molecule has 0 atom stereocenters. The van der Waals surface area contributed by atoms with Crippen molar-refractivity contribution in [3.63, 3.8) is 0 Å². The molecule has 0 fully saturated rings. The zero-order chi connectivity index (χ0) is 18.1. The number of hydrogen-bond acceptors (Lipinski definition) is 7. The van der Waals surface area contributed by atoms with E-state index in [-0.39, 0.29) is 25.5 Å². The average molecular weight is 371 g/mol. The monoisotopic (exact) mass is 371 g/mol. The standard InChI is InChI=1S/C14H29NO8S/c1-2-5-20-7-9-22-11-12-23-10-8-21-6-3-14(16)15-4-13-24(17,18)19/h2-13H2,1H3,(H,15,16)(H,17,18,19). The molecule has 1 amide bonds. The van der Waals surface area contributed by atoms with Gasteiger partial charge in [-0.3, -0.25) is 9.35 Å². The summed E-state index contributed by atoms with van der Waals surface area (Å²) in [5, 5.41) is 2.37. The van der Waals surface area contributed by atoms with Crippen LogP contribution in [0.5, 0.6) is 0 Å². The largest absolute Gasteiger partial charge is 0.379 e. The second kappa shape index (κ2) is 15.7. The van der Waals surface area contributed by atoms with Gasteiger partial charge in [0.15, 0.2) is 0 Å². The van der Waals surface area contributed by atoms with Gasteiger partial charge in [0.2, 0.25) is 5.91 Å². The molecule has 0 saturated heterocycles. The van der Waals surface area contributed by atoms with Crippen LogP contribution in [0.1, 0.15) is 19.8 Å². The minimum absolute atomic E-state index is 0.117. The molecule has 24 heavy (non-hydrogen) atoms. The average Bonchev–Trinajstić information content (AvgIpc) is 2.50. The van der Waals surface area contributed by atoms with E-state index in [4.69, 9.17) is 23.5 Å². The number of ether oxygens (including phenoxy) is 4. The van der Waals surface area contributed by atoms with Gasteiger partial charge in [0, 0.05) is 19.6 Å². The summed E-state index contributed by atoms with van der Waals surface area (Å²) in [7, 11) is -4.05. The van der Waals surface area contributed by atoms with Crippen LogP contribution in [0, 0.1) is 0 Å². The Bertz CT molecular complexity index is 402. The number of hydrogen-bond donors (Lipinski definition) is 2. The third-order valence-electron chi connectivity index (χ3n) is 2.62. The molecule has 0 aromatic carbocycles. The second-order valence-electron chi connectivity index (χ2n) is 4.84. The van der Waals surface area contributed by atoms with Gasteiger partial charge in [-0.15, -0.1) is 0 Å². The molecule has 0 rings (SSSR count). The van der Waals surface area contributed by atoms with Gasteiger partial charge in [-0.05, 0) is 6.42 Å². The van der Waals surface area contributed by atoms with Crippen molar-refractivity contribution in [2.75, 3.05) is 65.2 Å². The van der Waals surface area contributed by atoms with Crippen LogP contribution in [-0.2, 0) is 33.9 Å². The first-order chi connectivity index (χ1) is 11.5. The van der Waals surface area contributed by atoms with E-state index in [0.29, 0.717) is 39.6 Å². The first-order valence-electron chi connectivity index (χ1n) is 7.98. The number of amides is 1. The van der Waals surface area contributed by atoms with Crippen molar-refractivity contribution in [1.29, 1.82) is 0 Å². The fourth-order valence-corrected chi connectivity index (χ4v) is 1.84. The van der Waals surface area contributed by atoms with Crippen molar-refractivity contribution in [1.82, 2.24) is 5.32 Å². The summed E-state index contributed by atoms with van der Waals surface area (Å²) in [6.45, 7) is 5.74. The Kier molecular flexibility index (Phi) is 15.2. The van der Waals surface area contributed by atoms with E-state index in [2.05, 4.69) is 5.32 Å². The molecule has 0 spiro atoms. The van der Waals surface area contributed by atoms with Gasteiger partial charge in [-0.25, -0.2) is 0 Å². The highest BCUT2D eigenvalue weighted by Crippen LogP contribution is 1.87. The first-order valence-corrected chi connectivity index (χ1v) is 9.59. The third kappa shape index (κ3) is 19.3. The maximum atomic E-state index is 11.3. The topological polar surface area (TPSA) is 120 Å². The van der Waals surface area contributed by atoms with Gasteiger partial charge in [-0.1, -0.05) is 6.92 Å². The Hall–Kier alpha value is -0.780. The Labute approximate surface area is 143 Å². The highest BCUT2D eigenvalue weighted by molar-refractivity contribution is 7.85. The smallest absolute Gasteiger partial charge is 0.266 e. The Morgan fingerprint density at radius 1 is 0.875 bits per heavy atom. The third-order valence-corrected chi connectivity index (χ3v) is 3.34. The van der Waals surface area contributed by atoms with Crippen LogP contribution in [-0.4, -0.2) is 84.0 Å². The maximum Gasteiger partial charge on any atom is 0.266 e. The minimum Gasteiger partial charge on any atom is -0.379 e. The Balaban J connectivity index is 3.20. The van der Waals surface area contributed by atoms with Gasteiger partial charge in [0.05, 0.1) is 52.0 Å². The molecule has 0 aromatic heterocycles. The summed E-state index contributed by atoms with van der Waals surface area (Å²) >= 11 is 0. The molecule has 0 unspecified atom stereocenters.